The molecule has 2 rings (SSSR count). The van der Waals surface area contributed by atoms with Crippen molar-refractivity contribution < 1.29 is 14.6 Å². The third-order valence-corrected chi connectivity index (χ3v) is 3.49. The van der Waals surface area contributed by atoms with Gasteiger partial charge < -0.3 is 15.2 Å². The minimum Gasteiger partial charge on any atom is -0.504 e. The second kappa shape index (κ2) is 7.50. The van der Waals surface area contributed by atoms with Gasteiger partial charge in [-0.25, -0.2) is 0 Å². The lowest BCUT2D eigenvalue weighted by Crippen LogP contribution is -2.09. The molecule has 0 atom stereocenters. The predicted octanol–water partition coefficient (Wildman–Crippen LogP) is 3.53. The number of carbonyl (C=O) groups excluding carboxylic acids is 1. The first kappa shape index (κ1) is 15.9. The average molecular weight is 299 g/mol. The van der Waals surface area contributed by atoms with Crippen molar-refractivity contribution in [1.29, 1.82) is 0 Å². The first-order chi connectivity index (χ1) is 10.6. The van der Waals surface area contributed by atoms with Gasteiger partial charge in [0.05, 0.1) is 7.11 Å². The van der Waals surface area contributed by atoms with E-state index in [2.05, 4.69) is 17.4 Å². The predicted molar refractivity (Wildman–Crippen MR) is 87.4 cm³/mol. The molecule has 0 bridgehead atoms. The van der Waals surface area contributed by atoms with E-state index < -0.39 is 0 Å². The number of hydrogen-bond acceptors (Lipinski definition) is 3. The zero-order chi connectivity index (χ0) is 15.9. The van der Waals surface area contributed by atoms with Gasteiger partial charge >= 0.3 is 0 Å². The Morgan fingerprint density at radius 1 is 1.14 bits per heavy atom. The molecule has 0 aromatic heterocycles. The lowest BCUT2D eigenvalue weighted by atomic mass is 10.0. The highest BCUT2D eigenvalue weighted by Gasteiger charge is 2.14. The lowest BCUT2D eigenvalue weighted by Gasteiger charge is -2.15. The van der Waals surface area contributed by atoms with E-state index >= 15 is 0 Å². The molecule has 0 spiro atoms. The molecule has 2 N–H and O–H groups in total. The van der Waals surface area contributed by atoms with Crippen LogP contribution in [0.25, 0.3) is 0 Å². The first-order valence-corrected chi connectivity index (χ1v) is 7.32. The summed E-state index contributed by atoms with van der Waals surface area (Å²) >= 11 is 0. The number of amides is 1. The summed E-state index contributed by atoms with van der Waals surface area (Å²) in [7, 11) is 1.52. The van der Waals surface area contributed by atoms with Crippen LogP contribution in [0, 0.1) is 0 Å². The maximum atomic E-state index is 11.3. The number of ether oxygens (including phenoxy) is 1. The number of benzene rings is 2. The fourth-order valence-electron chi connectivity index (χ4n) is 2.51. The fraction of sp³-hybridized carbons (Fsp3) is 0.278. The molecular formula is C18H21NO3. The largest absolute Gasteiger partial charge is 0.504 e. The molecule has 0 aliphatic carbocycles. The number of rotatable bonds is 6. The number of hydrogen-bond donors (Lipinski definition) is 2. The Balaban J connectivity index is 2.16. The molecule has 4 heteroatoms. The Hall–Kier alpha value is -2.49. The van der Waals surface area contributed by atoms with E-state index in [1.165, 1.54) is 25.7 Å². The summed E-state index contributed by atoms with van der Waals surface area (Å²) in [6.07, 6.45) is 2.54. The van der Waals surface area contributed by atoms with Crippen molar-refractivity contribution in [1.82, 2.24) is 0 Å². The van der Waals surface area contributed by atoms with Gasteiger partial charge in [-0.3, -0.25) is 4.79 Å². The average Bonchev–Trinajstić information content (AvgIpc) is 2.50. The van der Waals surface area contributed by atoms with Crippen LogP contribution < -0.4 is 10.1 Å². The second-order valence-electron chi connectivity index (χ2n) is 5.16. The minimum atomic E-state index is -0.142. The molecule has 0 aliphatic rings. The van der Waals surface area contributed by atoms with Crippen LogP contribution in [-0.2, 0) is 17.6 Å². The summed E-state index contributed by atoms with van der Waals surface area (Å²) < 4.78 is 5.30. The zero-order valence-electron chi connectivity index (χ0n) is 12.9. The molecule has 0 radical (unpaired) electrons. The van der Waals surface area contributed by atoms with Crippen molar-refractivity contribution in [2.45, 2.75) is 26.2 Å². The molecule has 0 saturated heterocycles. The van der Waals surface area contributed by atoms with Crippen LogP contribution in [0.3, 0.4) is 0 Å². The Morgan fingerprint density at radius 3 is 2.50 bits per heavy atom. The molecule has 0 heterocycles. The van der Waals surface area contributed by atoms with Gasteiger partial charge in [0, 0.05) is 18.2 Å². The van der Waals surface area contributed by atoms with Crippen LogP contribution in [0.4, 0.5) is 5.69 Å². The highest BCUT2D eigenvalue weighted by Crippen LogP contribution is 2.36. The van der Waals surface area contributed by atoms with E-state index in [9.17, 15) is 9.90 Å². The fourth-order valence-corrected chi connectivity index (χ4v) is 2.51. The minimum absolute atomic E-state index is 0.0892. The Kier molecular flexibility index (Phi) is 5.42. The molecule has 0 unspecified atom stereocenters. The summed E-state index contributed by atoms with van der Waals surface area (Å²) in [5, 5.41) is 12.7. The van der Waals surface area contributed by atoms with Crippen molar-refractivity contribution in [3.8, 4) is 11.5 Å². The number of phenols is 1. The first-order valence-electron chi connectivity index (χ1n) is 7.32. The van der Waals surface area contributed by atoms with E-state index in [-0.39, 0.29) is 11.7 Å². The number of nitrogens with one attached hydrogen (secondary N) is 1. The van der Waals surface area contributed by atoms with E-state index in [4.69, 9.17) is 4.74 Å². The monoisotopic (exact) mass is 299 g/mol. The normalized spacial score (nSPS) is 10.3. The summed E-state index contributed by atoms with van der Waals surface area (Å²) in [6.45, 7) is 1.47. The van der Waals surface area contributed by atoms with E-state index in [0.29, 0.717) is 17.9 Å². The van der Waals surface area contributed by atoms with Gasteiger partial charge in [0.15, 0.2) is 11.5 Å². The molecule has 2 aromatic rings. The van der Waals surface area contributed by atoms with E-state index in [0.717, 1.165) is 18.4 Å². The Morgan fingerprint density at radius 2 is 1.86 bits per heavy atom. The lowest BCUT2D eigenvalue weighted by molar-refractivity contribution is -0.114. The smallest absolute Gasteiger partial charge is 0.221 e. The van der Waals surface area contributed by atoms with Crippen molar-refractivity contribution in [2.24, 2.45) is 0 Å². The van der Waals surface area contributed by atoms with Gasteiger partial charge in [0.25, 0.3) is 0 Å². The SMILES string of the molecule is COc1c(O)ccc(NC(C)=O)c1CCCc1ccccc1. The number of phenolic OH excluding ortho intramolecular Hbond substituents is 1. The molecule has 116 valence electrons. The van der Waals surface area contributed by atoms with Crippen LogP contribution in [0.15, 0.2) is 42.5 Å². The molecule has 22 heavy (non-hydrogen) atoms. The van der Waals surface area contributed by atoms with Gasteiger partial charge in [0.2, 0.25) is 5.91 Å². The topological polar surface area (TPSA) is 58.6 Å². The van der Waals surface area contributed by atoms with Crippen LogP contribution in [0.1, 0.15) is 24.5 Å². The Bertz CT molecular complexity index is 638. The van der Waals surface area contributed by atoms with Crippen molar-refractivity contribution in [3.05, 3.63) is 53.6 Å². The van der Waals surface area contributed by atoms with Gasteiger partial charge in [-0.05, 0) is 37.0 Å². The van der Waals surface area contributed by atoms with Crippen molar-refractivity contribution >= 4 is 11.6 Å². The third-order valence-electron chi connectivity index (χ3n) is 3.49. The Labute approximate surface area is 130 Å². The van der Waals surface area contributed by atoms with Crippen molar-refractivity contribution in [3.63, 3.8) is 0 Å². The van der Waals surface area contributed by atoms with E-state index in [1.807, 2.05) is 18.2 Å². The van der Waals surface area contributed by atoms with Crippen LogP contribution >= 0.6 is 0 Å². The van der Waals surface area contributed by atoms with Gasteiger partial charge in [-0.1, -0.05) is 30.3 Å². The number of methoxy groups -OCH3 is 1. The summed E-state index contributed by atoms with van der Waals surface area (Å²) in [5.74, 6) is 0.377. The maximum absolute atomic E-state index is 11.3. The zero-order valence-corrected chi connectivity index (χ0v) is 12.9. The van der Waals surface area contributed by atoms with Gasteiger partial charge in [-0.2, -0.15) is 0 Å². The maximum Gasteiger partial charge on any atom is 0.221 e. The number of aromatic hydroxyl groups is 1. The molecule has 0 fully saturated rings. The van der Waals surface area contributed by atoms with Crippen LogP contribution in [0.2, 0.25) is 0 Å². The molecule has 1 amide bonds. The number of anilines is 1. The van der Waals surface area contributed by atoms with Crippen molar-refractivity contribution in [2.75, 3.05) is 12.4 Å². The molecule has 4 nitrogen and oxygen atoms in total. The summed E-state index contributed by atoms with van der Waals surface area (Å²) in [6, 6.07) is 13.5. The van der Waals surface area contributed by atoms with Crippen LogP contribution in [0.5, 0.6) is 11.5 Å². The van der Waals surface area contributed by atoms with E-state index in [1.54, 1.807) is 6.07 Å². The van der Waals surface area contributed by atoms with Crippen LogP contribution in [-0.4, -0.2) is 18.1 Å². The second-order valence-corrected chi connectivity index (χ2v) is 5.16. The molecule has 2 aromatic carbocycles. The highest BCUT2D eigenvalue weighted by atomic mass is 16.5. The molecule has 0 saturated carbocycles. The number of aryl methyl sites for hydroxylation is 1. The molecule has 0 aliphatic heterocycles. The highest BCUT2D eigenvalue weighted by molar-refractivity contribution is 5.90. The molecular weight excluding hydrogens is 278 g/mol. The summed E-state index contributed by atoms with van der Waals surface area (Å²) in [4.78, 5) is 11.3. The van der Waals surface area contributed by atoms with Gasteiger partial charge in [-0.15, -0.1) is 0 Å². The summed E-state index contributed by atoms with van der Waals surface area (Å²) in [5.41, 5.74) is 2.78. The number of carbonyl (C=O) groups is 1. The quantitative estimate of drug-likeness (QED) is 0.802. The van der Waals surface area contributed by atoms with Gasteiger partial charge in [0.1, 0.15) is 0 Å². The standard InChI is InChI=1S/C18H21NO3/c1-13(20)19-16-11-12-17(21)18(22-2)15(16)10-6-9-14-7-4-3-5-8-14/h3-5,7-8,11-12,21H,6,9-10H2,1-2H3,(H,19,20). The third kappa shape index (κ3) is 4.01.